The van der Waals surface area contributed by atoms with Crippen molar-refractivity contribution in [2.24, 2.45) is 0 Å². The molecule has 2 rings (SSSR count). The Morgan fingerprint density at radius 2 is 1.95 bits per heavy atom. The van der Waals surface area contributed by atoms with Gasteiger partial charge in [-0.05, 0) is 6.42 Å². The van der Waals surface area contributed by atoms with E-state index in [1.807, 2.05) is 6.07 Å². The zero-order chi connectivity index (χ0) is 14.8. The van der Waals surface area contributed by atoms with Crippen LogP contribution in [0.5, 0.6) is 0 Å². The summed E-state index contributed by atoms with van der Waals surface area (Å²) in [4.78, 5) is 13.5. The van der Waals surface area contributed by atoms with E-state index in [0.717, 1.165) is 41.5 Å². The summed E-state index contributed by atoms with van der Waals surface area (Å²) >= 11 is 1.68. The van der Waals surface area contributed by atoms with Crippen molar-refractivity contribution >= 4 is 17.2 Å². The average Bonchev–Trinajstić information content (AvgIpc) is 2.76. The fourth-order valence-electron chi connectivity index (χ4n) is 1.89. The molecule has 5 heteroatoms. The lowest BCUT2D eigenvalue weighted by molar-refractivity contribution is 0.571. The van der Waals surface area contributed by atoms with Gasteiger partial charge in [0, 0.05) is 29.7 Å². The Balaban J connectivity index is 2.19. The van der Waals surface area contributed by atoms with E-state index in [1.54, 1.807) is 11.3 Å². The van der Waals surface area contributed by atoms with Crippen LogP contribution in [0.25, 0.3) is 0 Å². The first kappa shape index (κ1) is 14.9. The van der Waals surface area contributed by atoms with Crippen molar-refractivity contribution in [2.75, 3.05) is 5.73 Å². The number of hydrogen-bond acceptors (Lipinski definition) is 5. The zero-order valence-corrected chi connectivity index (χ0v) is 13.4. The summed E-state index contributed by atoms with van der Waals surface area (Å²) in [6.45, 7) is 8.64. The second-order valence-electron chi connectivity index (χ2n) is 6.00. The van der Waals surface area contributed by atoms with E-state index in [-0.39, 0.29) is 5.41 Å². The van der Waals surface area contributed by atoms with Gasteiger partial charge in [0.15, 0.2) is 0 Å². The lowest BCUT2D eigenvalue weighted by atomic mass is 9.93. The molecular formula is C15H22N4S. The predicted octanol–water partition coefficient (Wildman–Crippen LogP) is 3.36. The maximum atomic E-state index is 5.85. The molecule has 4 nitrogen and oxygen atoms in total. The highest BCUT2D eigenvalue weighted by atomic mass is 32.1. The van der Waals surface area contributed by atoms with Crippen molar-refractivity contribution in [1.82, 2.24) is 15.0 Å². The summed E-state index contributed by atoms with van der Waals surface area (Å²) in [5, 5.41) is 3.21. The fourth-order valence-corrected chi connectivity index (χ4v) is 2.93. The molecular weight excluding hydrogens is 268 g/mol. The molecule has 0 radical (unpaired) electrons. The number of thiazole rings is 1. The molecule has 0 aliphatic carbocycles. The minimum atomic E-state index is 0.0901. The molecule has 2 aromatic heterocycles. The van der Waals surface area contributed by atoms with Gasteiger partial charge < -0.3 is 5.73 Å². The molecule has 0 atom stereocenters. The minimum absolute atomic E-state index is 0.0901. The summed E-state index contributed by atoms with van der Waals surface area (Å²) in [6, 6.07) is 1.84. The second kappa shape index (κ2) is 5.87. The Bertz CT molecular complexity index is 584. The Morgan fingerprint density at radius 1 is 1.20 bits per heavy atom. The lowest BCUT2D eigenvalue weighted by Gasteiger charge is -2.14. The normalized spacial score (nSPS) is 11.8. The predicted molar refractivity (Wildman–Crippen MR) is 84.1 cm³/mol. The van der Waals surface area contributed by atoms with E-state index in [2.05, 4.69) is 43.0 Å². The average molecular weight is 290 g/mol. The van der Waals surface area contributed by atoms with Gasteiger partial charge in [0.05, 0.1) is 16.4 Å². The van der Waals surface area contributed by atoms with Crippen LogP contribution in [-0.2, 0) is 18.3 Å². The molecule has 20 heavy (non-hydrogen) atoms. The standard InChI is InChI=1S/C15H22N4S/c1-5-6-13-17-10(7-12(16)19-13)8-14-18-11(9-20-14)15(2,3)4/h7,9H,5-6,8H2,1-4H3,(H2,16,17,19). The van der Waals surface area contributed by atoms with Crippen molar-refractivity contribution in [3.05, 3.63) is 33.7 Å². The topological polar surface area (TPSA) is 64.7 Å². The summed E-state index contributed by atoms with van der Waals surface area (Å²) in [6.07, 6.45) is 2.61. The van der Waals surface area contributed by atoms with Crippen LogP contribution in [0.2, 0.25) is 0 Å². The van der Waals surface area contributed by atoms with E-state index in [4.69, 9.17) is 10.7 Å². The van der Waals surface area contributed by atoms with Crippen LogP contribution in [0.3, 0.4) is 0 Å². The minimum Gasteiger partial charge on any atom is -0.384 e. The van der Waals surface area contributed by atoms with Crippen molar-refractivity contribution in [2.45, 2.75) is 52.4 Å². The SMILES string of the molecule is CCCc1nc(N)cc(Cc2nc(C(C)(C)C)cs2)n1. The van der Waals surface area contributed by atoms with Crippen LogP contribution < -0.4 is 5.73 Å². The molecule has 2 N–H and O–H groups in total. The molecule has 0 amide bonds. The third-order valence-electron chi connectivity index (χ3n) is 2.97. The molecule has 0 unspecified atom stereocenters. The number of aromatic nitrogens is 3. The monoisotopic (exact) mass is 290 g/mol. The Hall–Kier alpha value is -1.49. The van der Waals surface area contributed by atoms with E-state index in [0.29, 0.717) is 5.82 Å². The maximum Gasteiger partial charge on any atom is 0.130 e. The second-order valence-corrected chi connectivity index (χ2v) is 6.95. The van der Waals surface area contributed by atoms with Gasteiger partial charge in [-0.25, -0.2) is 15.0 Å². The fraction of sp³-hybridized carbons (Fsp3) is 0.533. The summed E-state index contributed by atoms with van der Waals surface area (Å²) < 4.78 is 0. The van der Waals surface area contributed by atoms with Crippen molar-refractivity contribution < 1.29 is 0 Å². The zero-order valence-electron chi connectivity index (χ0n) is 12.6. The van der Waals surface area contributed by atoms with Gasteiger partial charge >= 0.3 is 0 Å². The van der Waals surface area contributed by atoms with E-state index >= 15 is 0 Å². The molecule has 2 heterocycles. The maximum absolute atomic E-state index is 5.85. The number of rotatable bonds is 4. The number of anilines is 1. The molecule has 0 saturated heterocycles. The van der Waals surface area contributed by atoms with Crippen molar-refractivity contribution in [1.29, 1.82) is 0 Å². The number of nitrogens with zero attached hydrogens (tertiary/aromatic N) is 3. The van der Waals surface area contributed by atoms with Gasteiger partial charge in [-0.2, -0.15) is 0 Å². The summed E-state index contributed by atoms with van der Waals surface area (Å²) in [5.41, 5.74) is 8.03. The highest BCUT2D eigenvalue weighted by Crippen LogP contribution is 2.25. The van der Waals surface area contributed by atoms with Crippen LogP contribution in [0.1, 0.15) is 56.3 Å². The van der Waals surface area contributed by atoms with Crippen molar-refractivity contribution in [3.8, 4) is 0 Å². The first-order valence-corrected chi connectivity index (χ1v) is 7.83. The lowest BCUT2D eigenvalue weighted by Crippen LogP contribution is -2.11. The Morgan fingerprint density at radius 3 is 2.55 bits per heavy atom. The van der Waals surface area contributed by atoms with Crippen LogP contribution >= 0.6 is 11.3 Å². The number of nitrogen functional groups attached to an aromatic ring is 1. The highest BCUT2D eigenvalue weighted by Gasteiger charge is 2.17. The molecule has 0 fully saturated rings. The Labute approximate surface area is 124 Å². The number of nitrogens with two attached hydrogens (primary N) is 1. The molecule has 0 aromatic carbocycles. The van der Waals surface area contributed by atoms with Gasteiger partial charge in [0.1, 0.15) is 11.6 Å². The quantitative estimate of drug-likeness (QED) is 0.937. The Kier molecular flexibility index (Phi) is 4.38. The third kappa shape index (κ3) is 3.76. The van der Waals surface area contributed by atoms with Gasteiger partial charge in [0.25, 0.3) is 0 Å². The highest BCUT2D eigenvalue weighted by molar-refractivity contribution is 7.09. The first-order valence-electron chi connectivity index (χ1n) is 6.95. The third-order valence-corrected chi connectivity index (χ3v) is 3.82. The van der Waals surface area contributed by atoms with Crippen LogP contribution in [-0.4, -0.2) is 15.0 Å². The van der Waals surface area contributed by atoms with Gasteiger partial charge in [-0.1, -0.05) is 27.7 Å². The molecule has 0 aliphatic heterocycles. The van der Waals surface area contributed by atoms with Crippen LogP contribution in [0.4, 0.5) is 5.82 Å². The number of hydrogen-bond donors (Lipinski definition) is 1. The van der Waals surface area contributed by atoms with E-state index in [1.165, 1.54) is 0 Å². The van der Waals surface area contributed by atoms with Gasteiger partial charge in [-0.3, -0.25) is 0 Å². The first-order chi connectivity index (χ1) is 9.38. The largest absolute Gasteiger partial charge is 0.384 e. The van der Waals surface area contributed by atoms with Crippen LogP contribution in [0, 0.1) is 0 Å². The summed E-state index contributed by atoms with van der Waals surface area (Å²) in [7, 11) is 0. The van der Waals surface area contributed by atoms with E-state index in [9.17, 15) is 0 Å². The van der Waals surface area contributed by atoms with Crippen molar-refractivity contribution in [3.63, 3.8) is 0 Å². The molecule has 0 bridgehead atoms. The van der Waals surface area contributed by atoms with E-state index < -0.39 is 0 Å². The molecule has 108 valence electrons. The van der Waals surface area contributed by atoms with Crippen LogP contribution in [0.15, 0.2) is 11.4 Å². The smallest absolute Gasteiger partial charge is 0.130 e. The summed E-state index contributed by atoms with van der Waals surface area (Å²) in [5.74, 6) is 1.38. The molecule has 0 saturated carbocycles. The number of aryl methyl sites for hydroxylation is 1. The molecule has 0 aliphatic rings. The van der Waals surface area contributed by atoms with Gasteiger partial charge in [0.2, 0.25) is 0 Å². The molecule has 2 aromatic rings. The molecule has 0 spiro atoms. The van der Waals surface area contributed by atoms with Gasteiger partial charge in [-0.15, -0.1) is 11.3 Å².